The summed E-state index contributed by atoms with van der Waals surface area (Å²) in [5.41, 5.74) is 2.22. The van der Waals surface area contributed by atoms with E-state index in [0.717, 1.165) is 72.8 Å². The van der Waals surface area contributed by atoms with Gasteiger partial charge in [-0.05, 0) is 80.9 Å². The monoisotopic (exact) mass is 482 g/mol. The van der Waals surface area contributed by atoms with Crippen LogP contribution in [-0.4, -0.2) is 63.0 Å². The smallest absolute Gasteiger partial charge is 0.308 e. The highest BCUT2D eigenvalue weighted by atomic mass is 32.2. The number of methoxy groups -OCH3 is 1. The standard InChI is InChI=1S/C26H34N4O3S/c1-29-15-12-28-26(29)34-16-4-13-30-14-10-20(23(18-30)25(31)32)6-3-5-19-9-11-27-24-8-7-21(33-2)17-22(19)24/h7-9,11-12,15,17,20,23H,3-6,10,13-14,16,18H2,1-2H3,(H,31,32)/t20-,23+/m1/s1. The summed E-state index contributed by atoms with van der Waals surface area (Å²) < 4.78 is 7.41. The number of carboxylic acids is 1. The van der Waals surface area contributed by atoms with Crippen molar-refractivity contribution in [2.24, 2.45) is 18.9 Å². The Morgan fingerprint density at radius 1 is 1.24 bits per heavy atom. The highest BCUT2D eigenvalue weighted by Crippen LogP contribution is 2.30. The van der Waals surface area contributed by atoms with E-state index in [0.29, 0.717) is 6.54 Å². The Hall–Kier alpha value is -2.58. The maximum Gasteiger partial charge on any atom is 0.308 e. The molecule has 0 bridgehead atoms. The second-order valence-corrected chi connectivity index (χ2v) is 10.1. The molecule has 7 nitrogen and oxygen atoms in total. The average Bonchev–Trinajstić information content (AvgIpc) is 3.26. The van der Waals surface area contributed by atoms with Crippen LogP contribution in [0, 0.1) is 11.8 Å². The average molecular weight is 483 g/mol. The molecule has 0 spiro atoms. The molecule has 3 heterocycles. The first-order chi connectivity index (χ1) is 16.5. The molecule has 0 saturated carbocycles. The third-order valence-electron chi connectivity index (χ3n) is 6.84. The third-order valence-corrected chi connectivity index (χ3v) is 7.99. The maximum atomic E-state index is 12.0. The van der Waals surface area contributed by atoms with Crippen molar-refractivity contribution in [2.45, 2.75) is 37.3 Å². The minimum atomic E-state index is -0.656. The number of fused-ring (bicyclic) bond motifs is 1. The number of imidazole rings is 1. The number of aryl methyl sites for hydroxylation is 2. The Morgan fingerprint density at radius 3 is 2.88 bits per heavy atom. The van der Waals surface area contributed by atoms with E-state index in [1.807, 2.05) is 48.4 Å². The van der Waals surface area contributed by atoms with E-state index in [1.165, 1.54) is 5.56 Å². The predicted octanol–water partition coefficient (Wildman–Crippen LogP) is 4.50. The summed E-state index contributed by atoms with van der Waals surface area (Å²) in [5, 5.41) is 12.1. The number of carbonyl (C=O) groups is 1. The van der Waals surface area contributed by atoms with Gasteiger partial charge in [0, 0.05) is 43.3 Å². The zero-order valence-electron chi connectivity index (χ0n) is 20.0. The van der Waals surface area contributed by atoms with Crippen LogP contribution in [0.3, 0.4) is 0 Å². The number of likely N-dealkylation sites (tertiary alicyclic amines) is 1. The van der Waals surface area contributed by atoms with E-state index in [4.69, 9.17) is 4.74 Å². The molecule has 2 aromatic heterocycles. The van der Waals surface area contributed by atoms with Crippen molar-refractivity contribution in [3.63, 3.8) is 0 Å². The van der Waals surface area contributed by atoms with Gasteiger partial charge in [0.25, 0.3) is 0 Å². The summed E-state index contributed by atoms with van der Waals surface area (Å²) in [5.74, 6) is 1.12. The first kappa shape index (κ1) is 24.5. The Bertz CT molecular complexity index is 1100. The summed E-state index contributed by atoms with van der Waals surface area (Å²) >= 11 is 1.76. The lowest BCUT2D eigenvalue weighted by molar-refractivity contribution is -0.146. The zero-order valence-corrected chi connectivity index (χ0v) is 20.8. The van der Waals surface area contributed by atoms with Crippen LogP contribution >= 0.6 is 11.8 Å². The molecule has 1 fully saturated rings. The van der Waals surface area contributed by atoms with Gasteiger partial charge in [-0.3, -0.25) is 9.78 Å². The largest absolute Gasteiger partial charge is 0.497 e. The van der Waals surface area contributed by atoms with Crippen LogP contribution in [0.15, 0.2) is 48.0 Å². The van der Waals surface area contributed by atoms with Crippen LogP contribution in [0.5, 0.6) is 5.75 Å². The minimum absolute atomic E-state index is 0.235. The normalized spacial score (nSPS) is 18.9. The second kappa shape index (κ2) is 11.7. The van der Waals surface area contributed by atoms with E-state index in [-0.39, 0.29) is 11.8 Å². The fraction of sp³-hybridized carbons (Fsp3) is 0.500. The van der Waals surface area contributed by atoms with Crippen LogP contribution in [0.25, 0.3) is 10.9 Å². The van der Waals surface area contributed by atoms with Crippen molar-refractivity contribution < 1.29 is 14.6 Å². The molecule has 1 aliphatic rings. The molecule has 1 saturated heterocycles. The highest BCUT2D eigenvalue weighted by molar-refractivity contribution is 7.99. The van der Waals surface area contributed by atoms with Gasteiger partial charge in [0.05, 0.1) is 18.5 Å². The number of ether oxygens (including phenoxy) is 1. The number of rotatable bonds is 11. The van der Waals surface area contributed by atoms with Crippen LogP contribution in [0.4, 0.5) is 0 Å². The molecular weight excluding hydrogens is 448 g/mol. The third kappa shape index (κ3) is 6.10. The van der Waals surface area contributed by atoms with Crippen molar-refractivity contribution in [2.75, 3.05) is 32.5 Å². The highest BCUT2D eigenvalue weighted by Gasteiger charge is 2.33. The number of hydrogen-bond donors (Lipinski definition) is 1. The predicted molar refractivity (Wildman–Crippen MR) is 135 cm³/mol. The summed E-state index contributed by atoms with van der Waals surface area (Å²) in [4.78, 5) is 23.2. The molecule has 1 N–H and O–H groups in total. The molecule has 4 rings (SSSR count). The molecule has 8 heteroatoms. The first-order valence-electron chi connectivity index (χ1n) is 12.0. The number of pyridine rings is 1. The fourth-order valence-corrected chi connectivity index (χ4v) is 5.78. The Morgan fingerprint density at radius 2 is 2.12 bits per heavy atom. The molecule has 1 aliphatic heterocycles. The van der Waals surface area contributed by atoms with Gasteiger partial charge in [-0.2, -0.15) is 0 Å². The molecule has 0 amide bonds. The Labute approximate surface area is 205 Å². The maximum absolute atomic E-state index is 12.0. The molecular formula is C26H34N4O3S. The van der Waals surface area contributed by atoms with Gasteiger partial charge in [-0.1, -0.05) is 11.8 Å². The molecule has 0 aliphatic carbocycles. The molecule has 0 unspecified atom stereocenters. The van der Waals surface area contributed by atoms with Crippen molar-refractivity contribution in [3.05, 3.63) is 48.4 Å². The number of nitrogens with zero attached hydrogens (tertiary/aromatic N) is 4. The van der Waals surface area contributed by atoms with Crippen molar-refractivity contribution in [1.29, 1.82) is 0 Å². The lowest BCUT2D eigenvalue weighted by Gasteiger charge is -2.36. The number of hydrogen-bond acceptors (Lipinski definition) is 6. The lowest BCUT2D eigenvalue weighted by atomic mass is 9.81. The van der Waals surface area contributed by atoms with E-state index >= 15 is 0 Å². The molecule has 1 aromatic carbocycles. The number of aromatic nitrogens is 3. The van der Waals surface area contributed by atoms with Crippen LogP contribution in [-0.2, 0) is 18.3 Å². The molecule has 2 atom stereocenters. The SMILES string of the molecule is COc1ccc2nccc(CCC[C@@H]3CCN(CCCSc4nccn4C)C[C@@H]3C(=O)O)c2c1. The molecule has 3 aromatic rings. The molecule has 0 radical (unpaired) electrons. The molecule has 182 valence electrons. The Balaban J connectivity index is 1.26. The number of benzene rings is 1. The summed E-state index contributed by atoms with van der Waals surface area (Å²) in [7, 11) is 3.68. The Kier molecular flexibility index (Phi) is 8.45. The summed E-state index contributed by atoms with van der Waals surface area (Å²) in [6, 6.07) is 8.04. The lowest BCUT2D eigenvalue weighted by Crippen LogP contribution is -2.44. The number of thioether (sulfide) groups is 1. The first-order valence-corrected chi connectivity index (χ1v) is 13.0. The number of carboxylic acid groups (broad SMARTS) is 1. The van der Waals surface area contributed by atoms with Gasteiger partial charge in [0.1, 0.15) is 5.75 Å². The van der Waals surface area contributed by atoms with Crippen LogP contribution < -0.4 is 4.74 Å². The number of piperidine rings is 1. The van der Waals surface area contributed by atoms with E-state index in [2.05, 4.69) is 20.9 Å². The summed E-state index contributed by atoms with van der Waals surface area (Å²) in [6.45, 7) is 2.58. The van der Waals surface area contributed by atoms with Crippen LogP contribution in [0.1, 0.15) is 31.2 Å². The van der Waals surface area contributed by atoms with Crippen molar-refractivity contribution >= 4 is 28.6 Å². The van der Waals surface area contributed by atoms with Gasteiger partial charge in [-0.25, -0.2) is 4.98 Å². The van der Waals surface area contributed by atoms with Gasteiger partial charge in [-0.15, -0.1) is 0 Å². The van der Waals surface area contributed by atoms with Crippen LogP contribution in [0.2, 0.25) is 0 Å². The van der Waals surface area contributed by atoms with Crippen molar-refractivity contribution in [1.82, 2.24) is 19.4 Å². The van der Waals surface area contributed by atoms with Gasteiger partial charge in [0.2, 0.25) is 0 Å². The summed E-state index contributed by atoms with van der Waals surface area (Å²) in [6.07, 6.45) is 10.5. The van der Waals surface area contributed by atoms with E-state index in [9.17, 15) is 9.90 Å². The zero-order chi connectivity index (χ0) is 23.9. The van der Waals surface area contributed by atoms with E-state index in [1.54, 1.807) is 18.9 Å². The van der Waals surface area contributed by atoms with Gasteiger partial charge < -0.3 is 19.3 Å². The molecule has 34 heavy (non-hydrogen) atoms. The van der Waals surface area contributed by atoms with Gasteiger partial charge >= 0.3 is 5.97 Å². The second-order valence-electron chi connectivity index (χ2n) is 9.06. The number of aliphatic carboxylic acids is 1. The van der Waals surface area contributed by atoms with Crippen molar-refractivity contribution in [3.8, 4) is 5.75 Å². The topological polar surface area (TPSA) is 80.5 Å². The minimum Gasteiger partial charge on any atom is -0.497 e. The quantitative estimate of drug-likeness (QED) is 0.318. The van der Waals surface area contributed by atoms with Gasteiger partial charge in [0.15, 0.2) is 5.16 Å². The van der Waals surface area contributed by atoms with E-state index < -0.39 is 5.97 Å². The fourth-order valence-electron chi connectivity index (χ4n) is 4.92.